The second-order valence-corrected chi connectivity index (χ2v) is 10.8. The summed E-state index contributed by atoms with van der Waals surface area (Å²) >= 11 is 0. The summed E-state index contributed by atoms with van der Waals surface area (Å²) < 4.78 is 29.6. The minimum atomic E-state index is -3.36. The van der Waals surface area contributed by atoms with Crippen molar-refractivity contribution < 1.29 is 27.8 Å². The lowest BCUT2D eigenvalue weighted by Gasteiger charge is -2.35. The average Bonchev–Trinajstić information content (AvgIpc) is 2.89. The van der Waals surface area contributed by atoms with Crippen molar-refractivity contribution in [2.45, 2.75) is 11.0 Å². The smallest absolute Gasteiger partial charge is 0.338 e. The van der Waals surface area contributed by atoms with Gasteiger partial charge in [0.1, 0.15) is 6.54 Å². The Morgan fingerprint density at radius 1 is 1.00 bits per heavy atom. The van der Waals surface area contributed by atoms with E-state index in [1.165, 1.54) is 47.0 Å². The highest BCUT2D eigenvalue weighted by atomic mass is 32.2. The fourth-order valence-corrected chi connectivity index (χ4v) is 4.89. The predicted molar refractivity (Wildman–Crippen MR) is 135 cm³/mol. The van der Waals surface area contributed by atoms with E-state index in [9.17, 15) is 23.3 Å². The van der Waals surface area contributed by atoms with Crippen LogP contribution in [-0.2, 0) is 14.6 Å². The summed E-state index contributed by atoms with van der Waals surface area (Å²) in [6.45, 7) is 3.92. The van der Waals surface area contributed by atoms with Crippen LogP contribution < -0.4 is 9.80 Å². The number of hydrogen-bond acceptors (Lipinski definition) is 7. The van der Waals surface area contributed by atoms with Crippen LogP contribution in [0.4, 0.5) is 11.4 Å². The highest BCUT2D eigenvalue weighted by Gasteiger charge is 2.27. The van der Waals surface area contributed by atoms with E-state index in [1.807, 2.05) is 18.2 Å². The van der Waals surface area contributed by atoms with Gasteiger partial charge in [-0.1, -0.05) is 30.3 Å². The maximum absolute atomic E-state index is 12.9. The van der Waals surface area contributed by atoms with Gasteiger partial charge in [0.15, 0.2) is 15.9 Å². The number of sulfone groups is 1. The van der Waals surface area contributed by atoms with E-state index < -0.39 is 26.8 Å². The molecule has 0 saturated carbocycles. The summed E-state index contributed by atoms with van der Waals surface area (Å²) in [6, 6.07) is 21.8. The molecule has 36 heavy (non-hydrogen) atoms. The van der Waals surface area contributed by atoms with Gasteiger partial charge in [-0.25, -0.2) is 13.2 Å². The fourth-order valence-electron chi connectivity index (χ4n) is 4.26. The summed E-state index contributed by atoms with van der Waals surface area (Å²) in [5.41, 5.74) is 1.96. The van der Waals surface area contributed by atoms with Gasteiger partial charge >= 0.3 is 5.97 Å². The van der Waals surface area contributed by atoms with Gasteiger partial charge in [-0.3, -0.25) is 10.1 Å². The van der Waals surface area contributed by atoms with E-state index in [0.29, 0.717) is 12.1 Å². The number of ether oxygens (including phenoxy) is 1. The molecule has 4 rings (SSSR count). The van der Waals surface area contributed by atoms with E-state index in [1.54, 1.807) is 12.1 Å². The van der Waals surface area contributed by atoms with Crippen LogP contribution in [0.25, 0.3) is 0 Å². The number of hydrogen-bond donors (Lipinski definition) is 1. The molecule has 1 heterocycles. The van der Waals surface area contributed by atoms with Gasteiger partial charge in [0.05, 0.1) is 41.6 Å². The van der Waals surface area contributed by atoms with Crippen LogP contribution in [0.15, 0.2) is 83.8 Å². The standard InChI is InChI=1S/C26H27N3O6S/c1-36(33,34)24-13-9-20(10-14-24)25(35-26(30)21-7-11-23(12-8-21)29(31)32)19-27-15-17-28(18-16-27)22-5-3-2-4-6-22/h2-14,25H,15-19H2,1H3/p+1/t25-/m1/s1. The molecule has 1 atom stereocenters. The molecule has 0 amide bonds. The Morgan fingerprint density at radius 2 is 1.61 bits per heavy atom. The number of rotatable bonds is 8. The molecule has 188 valence electrons. The first-order chi connectivity index (χ1) is 17.2. The summed E-state index contributed by atoms with van der Waals surface area (Å²) in [5.74, 6) is -0.593. The molecule has 10 heteroatoms. The molecule has 0 aromatic heterocycles. The van der Waals surface area contributed by atoms with E-state index in [0.717, 1.165) is 32.4 Å². The van der Waals surface area contributed by atoms with Crippen LogP contribution in [0.2, 0.25) is 0 Å². The number of esters is 1. The second kappa shape index (κ2) is 10.9. The minimum absolute atomic E-state index is 0.111. The Morgan fingerprint density at radius 3 is 2.17 bits per heavy atom. The summed E-state index contributed by atoms with van der Waals surface area (Å²) in [5, 5.41) is 10.9. The molecule has 1 saturated heterocycles. The lowest BCUT2D eigenvalue weighted by molar-refractivity contribution is -0.904. The van der Waals surface area contributed by atoms with Gasteiger partial charge in [-0.15, -0.1) is 0 Å². The largest absolute Gasteiger partial charge is 0.448 e. The molecule has 3 aromatic rings. The van der Waals surface area contributed by atoms with Crippen molar-refractivity contribution in [3.63, 3.8) is 0 Å². The monoisotopic (exact) mass is 510 g/mol. The zero-order valence-corrected chi connectivity index (χ0v) is 20.7. The van der Waals surface area contributed by atoms with Crippen LogP contribution in [0.1, 0.15) is 22.0 Å². The number of nitro benzene ring substituents is 1. The summed E-state index contributed by atoms with van der Waals surface area (Å²) in [4.78, 5) is 27.1. The van der Waals surface area contributed by atoms with E-state index in [-0.39, 0.29) is 16.1 Å². The lowest BCUT2D eigenvalue weighted by Crippen LogP contribution is -3.15. The molecule has 0 aliphatic carbocycles. The van der Waals surface area contributed by atoms with Crippen molar-refractivity contribution in [2.24, 2.45) is 0 Å². The van der Waals surface area contributed by atoms with E-state index in [2.05, 4.69) is 17.0 Å². The maximum atomic E-state index is 12.9. The number of nitrogens with one attached hydrogen (secondary N) is 1. The van der Waals surface area contributed by atoms with Crippen LogP contribution in [-0.4, -0.2) is 58.3 Å². The summed E-state index contributed by atoms with van der Waals surface area (Å²) in [7, 11) is -3.36. The Bertz CT molecular complexity index is 1300. The number of nitro groups is 1. The van der Waals surface area contributed by atoms with Crippen LogP contribution in [0.5, 0.6) is 0 Å². The number of piperazine rings is 1. The van der Waals surface area contributed by atoms with Crippen molar-refractivity contribution in [3.8, 4) is 0 Å². The van der Waals surface area contributed by atoms with Crippen LogP contribution in [0, 0.1) is 10.1 Å². The molecule has 1 aliphatic rings. The molecular formula is C26H28N3O6S+. The third-order valence-electron chi connectivity index (χ3n) is 6.31. The Balaban J connectivity index is 1.50. The van der Waals surface area contributed by atoms with Gasteiger partial charge in [0, 0.05) is 24.1 Å². The minimum Gasteiger partial charge on any atom is -0.448 e. The van der Waals surface area contributed by atoms with Crippen molar-refractivity contribution in [2.75, 3.05) is 43.9 Å². The van der Waals surface area contributed by atoms with Crippen molar-refractivity contribution in [1.29, 1.82) is 0 Å². The van der Waals surface area contributed by atoms with Crippen molar-refractivity contribution >= 4 is 27.2 Å². The van der Waals surface area contributed by atoms with Gasteiger partial charge in [0.25, 0.3) is 5.69 Å². The third kappa shape index (κ3) is 6.27. The highest BCUT2D eigenvalue weighted by Crippen LogP contribution is 2.22. The molecule has 1 N–H and O–H groups in total. The van der Waals surface area contributed by atoms with Gasteiger partial charge in [-0.05, 0) is 42.0 Å². The highest BCUT2D eigenvalue weighted by molar-refractivity contribution is 7.90. The fraction of sp³-hybridized carbons (Fsp3) is 0.269. The number of carbonyl (C=O) groups excluding carboxylic acids is 1. The first kappa shape index (κ1) is 25.3. The van der Waals surface area contributed by atoms with E-state index in [4.69, 9.17) is 4.74 Å². The number of non-ortho nitro benzene ring substituents is 1. The molecule has 0 unspecified atom stereocenters. The Hall–Kier alpha value is -3.76. The molecule has 9 nitrogen and oxygen atoms in total. The first-order valence-corrected chi connectivity index (χ1v) is 13.5. The topological polar surface area (TPSA) is 111 Å². The molecule has 0 bridgehead atoms. The summed E-state index contributed by atoms with van der Waals surface area (Å²) in [6.07, 6.45) is 0.532. The lowest BCUT2D eigenvalue weighted by atomic mass is 10.1. The quantitative estimate of drug-likeness (QED) is 0.281. The average molecular weight is 511 g/mol. The molecule has 1 fully saturated rings. The van der Waals surface area contributed by atoms with Gasteiger partial charge < -0.3 is 14.5 Å². The van der Waals surface area contributed by atoms with Gasteiger partial charge in [0.2, 0.25) is 0 Å². The van der Waals surface area contributed by atoms with Gasteiger partial charge in [-0.2, -0.15) is 0 Å². The normalized spacial score (nSPS) is 15.3. The molecule has 0 radical (unpaired) electrons. The first-order valence-electron chi connectivity index (χ1n) is 11.6. The Labute approximate surface area is 210 Å². The van der Waals surface area contributed by atoms with Crippen molar-refractivity contribution in [3.05, 3.63) is 100 Å². The zero-order chi connectivity index (χ0) is 25.7. The number of quaternary nitrogens is 1. The van der Waals surface area contributed by atoms with Crippen molar-refractivity contribution in [1.82, 2.24) is 0 Å². The Kier molecular flexibility index (Phi) is 7.66. The second-order valence-electron chi connectivity index (χ2n) is 8.82. The van der Waals surface area contributed by atoms with E-state index >= 15 is 0 Å². The molecule has 3 aromatic carbocycles. The maximum Gasteiger partial charge on any atom is 0.338 e. The molecular weight excluding hydrogens is 482 g/mol. The predicted octanol–water partition coefficient (Wildman–Crippen LogP) is 2.30. The third-order valence-corrected chi connectivity index (χ3v) is 7.44. The molecule has 1 aliphatic heterocycles. The van der Waals surface area contributed by atoms with Crippen LogP contribution in [0.3, 0.4) is 0 Å². The number of anilines is 1. The number of benzene rings is 3. The zero-order valence-electron chi connectivity index (χ0n) is 19.9. The number of nitrogens with zero attached hydrogens (tertiary/aromatic N) is 2. The molecule has 0 spiro atoms. The number of para-hydroxylation sites is 1. The van der Waals surface area contributed by atoms with Crippen LogP contribution >= 0.6 is 0 Å². The SMILES string of the molecule is CS(=O)(=O)c1ccc([C@@H](C[NH+]2CCN(c3ccccc3)CC2)OC(=O)c2ccc([N+](=O)[O-])cc2)cc1. The number of carbonyl (C=O) groups is 1.